The molecule has 3 heteroatoms. The SMILES string of the molecule is CC(=O)c1ccc(O)cc1.CCC=O. The van der Waals surface area contributed by atoms with E-state index < -0.39 is 0 Å². The van der Waals surface area contributed by atoms with Crippen LogP contribution in [0.25, 0.3) is 0 Å². The normalized spacial score (nSPS) is 8.43. The first-order chi connectivity index (χ1) is 6.61. The largest absolute Gasteiger partial charge is 0.508 e. The van der Waals surface area contributed by atoms with Crippen LogP contribution in [-0.2, 0) is 4.79 Å². The summed E-state index contributed by atoms with van der Waals surface area (Å²) in [6.07, 6.45) is 1.51. The molecule has 0 aliphatic carbocycles. The summed E-state index contributed by atoms with van der Waals surface area (Å²) in [7, 11) is 0. The zero-order valence-electron chi connectivity index (χ0n) is 8.36. The fourth-order valence-corrected chi connectivity index (χ4v) is 0.696. The van der Waals surface area contributed by atoms with Crippen molar-refractivity contribution in [2.75, 3.05) is 0 Å². The lowest BCUT2D eigenvalue weighted by Crippen LogP contribution is -1.89. The number of aldehydes is 1. The molecule has 14 heavy (non-hydrogen) atoms. The molecule has 1 aromatic carbocycles. The number of rotatable bonds is 2. The lowest BCUT2D eigenvalue weighted by molar-refractivity contribution is -0.107. The number of benzene rings is 1. The summed E-state index contributed by atoms with van der Waals surface area (Å²) >= 11 is 0. The number of phenolic OH excluding ortho intramolecular Hbond substituents is 1. The molecule has 0 unspecified atom stereocenters. The molecule has 0 amide bonds. The van der Waals surface area contributed by atoms with Crippen LogP contribution in [0.1, 0.15) is 30.6 Å². The van der Waals surface area contributed by atoms with Crippen LogP contribution in [0.15, 0.2) is 24.3 Å². The number of phenols is 1. The van der Waals surface area contributed by atoms with Gasteiger partial charge in [-0.05, 0) is 31.2 Å². The summed E-state index contributed by atoms with van der Waals surface area (Å²) in [5.74, 6) is 0.199. The van der Waals surface area contributed by atoms with Gasteiger partial charge in [0.05, 0.1) is 0 Å². The van der Waals surface area contributed by atoms with Gasteiger partial charge in [0.2, 0.25) is 0 Å². The minimum absolute atomic E-state index is 0.0139. The molecule has 76 valence electrons. The maximum absolute atomic E-state index is 10.7. The minimum Gasteiger partial charge on any atom is -0.508 e. The van der Waals surface area contributed by atoms with Crippen molar-refractivity contribution in [1.82, 2.24) is 0 Å². The van der Waals surface area contributed by atoms with Gasteiger partial charge < -0.3 is 9.90 Å². The Labute approximate surface area is 83.4 Å². The molecule has 0 spiro atoms. The Morgan fingerprint density at radius 2 is 1.79 bits per heavy atom. The van der Waals surface area contributed by atoms with Crippen LogP contribution in [0.5, 0.6) is 5.75 Å². The summed E-state index contributed by atoms with van der Waals surface area (Å²) in [5, 5.41) is 8.83. The van der Waals surface area contributed by atoms with E-state index in [0.717, 1.165) is 6.29 Å². The van der Waals surface area contributed by atoms with Crippen LogP contribution < -0.4 is 0 Å². The van der Waals surface area contributed by atoms with Gasteiger partial charge >= 0.3 is 0 Å². The number of ketones is 1. The highest BCUT2D eigenvalue weighted by Crippen LogP contribution is 2.09. The van der Waals surface area contributed by atoms with Crippen LogP contribution in [0.4, 0.5) is 0 Å². The molecule has 0 heterocycles. The predicted octanol–water partition coefficient (Wildman–Crippen LogP) is 2.19. The summed E-state index contributed by atoms with van der Waals surface area (Å²) in [6.45, 7) is 3.30. The first kappa shape index (κ1) is 12.4. The van der Waals surface area contributed by atoms with Crippen LogP contribution in [-0.4, -0.2) is 17.2 Å². The second kappa shape index (κ2) is 6.83. The summed E-state index contributed by atoms with van der Waals surface area (Å²) in [5.41, 5.74) is 0.623. The maximum atomic E-state index is 10.7. The van der Waals surface area contributed by atoms with Gasteiger partial charge in [0.15, 0.2) is 5.78 Å². The molecule has 0 saturated carbocycles. The Hall–Kier alpha value is -1.64. The minimum atomic E-state index is 0.0139. The zero-order chi connectivity index (χ0) is 11.0. The van der Waals surface area contributed by atoms with Crippen LogP contribution >= 0.6 is 0 Å². The van der Waals surface area contributed by atoms with E-state index in [1.165, 1.54) is 19.1 Å². The van der Waals surface area contributed by atoms with E-state index in [0.29, 0.717) is 12.0 Å². The molecule has 0 aromatic heterocycles. The van der Waals surface area contributed by atoms with Crippen molar-refractivity contribution in [2.24, 2.45) is 0 Å². The second-order valence-electron chi connectivity index (χ2n) is 2.68. The molecule has 0 fully saturated rings. The zero-order valence-corrected chi connectivity index (χ0v) is 8.36. The third-order valence-corrected chi connectivity index (χ3v) is 1.44. The fourth-order valence-electron chi connectivity index (χ4n) is 0.696. The van der Waals surface area contributed by atoms with Crippen molar-refractivity contribution >= 4 is 12.1 Å². The monoisotopic (exact) mass is 194 g/mol. The molecule has 0 aliphatic rings. The molecule has 1 N–H and O–H groups in total. The topological polar surface area (TPSA) is 54.4 Å². The second-order valence-corrected chi connectivity index (χ2v) is 2.68. The van der Waals surface area contributed by atoms with Gasteiger partial charge in [-0.1, -0.05) is 6.92 Å². The lowest BCUT2D eigenvalue weighted by Gasteiger charge is -1.93. The fraction of sp³-hybridized carbons (Fsp3) is 0.273. The first-order valence-corrected chi connectivity index (χ1v) is 4.35. The average molecular weight is 194 g/mol. The average Bonchev–Trinajstić information content (AvgIpc) is 2.19. The third-order valence-electron chi connectivity index (χ3n) is 1.44. The summed E-state index contributed by atoms with van der Waals surface area (Å²) in [6, 6.07) is 6.18. The number of carbonyl (C=O) groups excluding carboxylic acids is 2. The van der Waals surface area contributed by atoms with E-state index in [4.69, 9.17) is 5.11 Å². The first-order valence-electron chi connectivity index (χ1n) is 4.35. The number of Topliss-reactive ketones (excluding diaryl/α,β-unsaturated/α-hetero) is 1. The van der Waals surface area contributed by atoms with Gasteiger partial charge in [-0.2, -0.15) is 0 Å². The van der Waals surface area contributed by atoms with Crippen molar-refractivity contribution in [3.63, 3.8) is 0 Å². The molecule has 0 atom stereocenters. The summed E-state index contributed by atoms with van der Waals surface area (Å²) in [4.78, 5) is 19.8. The van der Waals surface area contributed by atoms with Crippen LogP contribution in [0.2, 0.25) is 0 Å². The standard InChI is InChI=1S/C8H8O2.C3H6O/c1-6(9)7-2-4-8(10)5-3-7;1-2-3-4/h2-5,10H,1H3;3H,2H2,1H3. The Bertz CT molecular complexity index is 288. The van der Waals surface area contributed by atoms with Crippen LogP contribution in [0.3, 0.4) is 0 Å². The molecule has 0 bridgehead atoms. The van der Waals surface area contributed by atoms with E-state index in [1.807, 2.05) is 6.92 Å². The Balaban J connectivity index is 0.000000364. The molecule has 1 rings (SSSR count). The highest BCUT2D eigenvalue weighted by Gasteiger charge is 1.96. The Morgan fingerprint density at radius 1 is 1.36 bits per heavy atom. The molecule has 0 radical (unpaired) electrons. The van der Waals surface area contributed by atoms with Gasteiger partial charge in [-0.25, -0.2) is 0 Å². The Kier molecular flexibility index (Phi) is 6.03. The lowest BCUT2D eigenvalue weighted by atomic mass is 10.1. The van der Waals surface area contributed by atoms with Crippen molar-refractivity contribution < 1.29 is 14.7 Å². The molecular weight excluding hydrogens is 180 g/mol. The van der Waals surface area contributed by atoms with E-state index in [2.05, 4.69) is 0 Å². The smallest absolute Gasteiger partial charge is 0.159 e. The number of carbonyl (C=O) groups is 2. The van der Waals surface area contributed by atoms with Gasteiger partial charge in [-0.15, -0.1) is 0 Å². The molecule has 0 saturated heterocycles. The number of aromatic hydroxyl groups is 1. The number of hydrogen-bond acceptors (Lipinski definition) is 3. The van der Waals surface area contributed by atoms with Crippen molar-refractivity contribution in [3.8, 4) is 5.75 Å². The van der Waals surface area contributed by atoms with E-state index >= 15 is 0 Å². The highest BCUT2D eigenvalue weighted by atomic mass is 16.3. The Morgan fingerprint density at radius 3 is 2.07 bits per heavy atom. The predicted molar refractivity (Wildman–Crippen MR) is 54.5 cm³/mol. The van der Waals surface area contributed by atoms with Gasteiger partial charge in [-0.3, -0.25) is 4.79 Å². The highest BCUT2D eigenvalue weighted by molar-refractivity contribution is 5.94. The third kappa shape index (κ3) is 5.09. The van der Waals surface area contributed by atoms with E-state index in [-0.39, 0.29) is 11.5 Å². The van der Waals surface area contributed by atoms with Crippen molar-refractivity contribution in [3.05, 3.63) is 29.8 Å². The van der Waals surface area contributed by atoms with Gasteiger partial charge in [0, 0.05) is 12.0 Å². The molecular formula is C11H14O3. The molecule has 0 aliphatic heterocycles. The number of hydrogen-bond donors (Lipinski definition) is 1. The van der Waals surface area contributed by atoms with Crippen molar-refractivity contribution in [2.45, 2.75) is 20.3 Å². The van der Waals surface area contributed by atoms with Gasteiger partial charge in [0.1, 0.15) is 12.0 Å². The molecule has 3 nitrogen and oxygen atoms in total. The van der Waals surface area contributed by atoms with E-state index in [9.17, 15) is 9.59 Å². The maximum Gasteiger partial charge on any atom is 0.159 e. The van der Waals surface area contributed by atoms with Crippen molar-refractivity contribution in [1.29, 1.82) is 0 Å². The van der Waals surface area contributed by atoms with Gasteiger partial charge in [0.25, 0.3) is 0 Å². The molecule has 1 aromatic rings. The van der Waals surface area contributed by atoms with Crippen LogP contribution in [0, 0.1) is 0 Å². The summed E-state index contributed by atoms with van der Waals surface area (Å²) < 4.78 is 0. The van der Waals surface area contributed by atoms with E-state index in [1.54, 1.807) is 12.1 Å². The quantitative estimate of drug-likeness (QED) is 0.580.